The molecule has 0 spiro atoms. The predicted octanol–water partition coefficient (Wildman–Crippen LogP) is 3.85. The molecule has 0 unspecified atom stereocenters. The van der Waals surface area contributed by atoms with E-state index in [1.54, 1.807) is 6.07 Å². The van der Waals surface area contributed by atoms with Crippen LogP contribution in [0.25, 0.3) is 0 Å². The fourth-order valence-corrected chi connectivity index (χ4v) is 3.80. The fourth-order valence-electron chi connectivity index (χ4n) is 3.80. The number of fused-ring (bicyclic) bond motifs is 1. The van der Waals surface area contributed by atoms with Crippen molar-refractivity contribution in [3.8, 4) is 0 Å². The summed E-state index contributed by atoms with van der Waals surface area (Å²) in [5.74, 6) is -0.176. The van der Waals surface area contributed by atoms with Crippen molar-refractivity contribution in [2.75, 3.05) is 13.7 Å². The number of esters is 1. The lowest BCUT2D eigenvalue weighted by Gasteiger charge is -2.46. The van der Waals surface area contributed by atoms with Crippen LogP contribution < -0.4 is 0 Å². The summed E-state index contributed by atoms with van der Waals surface area (Å²) in [5, 5.41) is 0. The Kier molecular flexibility index (Phi) is 5.22. The number of hydrogen-bond donors (Lipinski definition) is 0. The normalized spacial score (nSPS) is 24.2. The quantitative estimate of drug-likeness (QED) is 0.775. The molecular weight excluding hydrogens is 283 g/mol. The van der Waals surface area contributed by atoms with Crippen molar-refractivity contribution < 1.29 is 18.7 Å². The molecule has 1 aliphatic rings. The molecule has 22 heavy (non-hydrogen) atoms. The second kappa shape index (κ2) is 6.78. The van der Waals surface area contributed by atoms with Crippen LogP contribution in [0.5, 0.6) is 0 Å². The SMILES string of the molecule is CC[C@@]1(OC(=O)COC)CCc2cc(F)ccc2[C@@H]1C(C)C. The number of halogens is 1. The smallest absolute Gasteiger partial charge is 0.332 e. The maximum Gasteiger partial charge on any atom is 0.332 e. The summed E-state index contributed by atoms with van der Waals surface area (Å²) in [6.45, 7) is 6.25. The van der Waals surface area contributed by atoms with Crippen LogP contribution in [0.4, 0.5) is 4.39 Å². The van der Waals surface area contributed by atoms with Gasteiger partial charge in [0.2, 0.25) is 0 Å². The molecule has 2 atom stereocenters. The molecule has 1 aliphatic carbocycles. The standard InChI is InChI=1S/C18H25FO3/c1-5-18(22-16(20)11-21-4)9-8-13-10-14(19)6-7-15(13)17(18)12(2)3/h6-7,10,12,17H,5,8-9,11H2,1-4H3/t17-,18+/m0/s1. The Morgan fingerprint density at radius 1 is 1.45 bits per heavy atom. The minimum Gasteiger partial charge on any atom is -0.457 e. The highest BCUT2D eigenvalue weighted by atomic mass is 19.1. The fraction of sp³-hybridized carbons (Fsp3) is 0.611. The van der Waals surface area contributed by atoms with Gasteiger partial charge in [-0.3, -0.25) is 0 Å². The summed E-state index contributed by atoms with van der Waals surface area (Å²) < 4.78 is 24.3. The van der Waals surface area contributed by atoms with E-state index in [0.29, 0.717) is 5.92 Å². The van der Waals surface area contributed by atoms with Gasteiger partial charge in [-0.1, -0.05) is 26.8 Å². The van der Waals surface area contributed by atoms with Crippen molar-refractivity contribution in [2.45, 2.75) is 51.6 Å². The van der Waals surface area contributed by atoms with Crippen molar-refractivity contribution in [1.82, 2.24) is 0 Å². The highest BCUT2D eigenvalue weighted by Crippen LogP contribution is 2.47. The first-order valence-corrected chi connectivity index (χ1v) is 7.92. The summed E-state index contributed by atoms with van der Waals surface area (Å²) in [4.78, 5) is 12.0. The number of rotatable bonds is 5. The lowest BCUT2D eigenvalue weighted by Crippen LogP contribution is -2.46. The maximum absolute atomic E-state index is 13.5. The topological polar surface area (TPSA) is 35.5 Å². The zero-order valence-electron chi connectivity index (χ0n) is 13.8. The van der Waals surface area contributed by atoms with Gasteiger partial charge in [0.15, 0.2) is 0 Å². The molecule has 4 heteroatoms. The second-order valence-electron chi connectivity index (χ2n) is 6.39. The molecule has 0 aliphatic heterocycles. The largest absolute Gasteiger partial charge is 0.457 e. The number of benzene rings is 1. The highest BCUT2D eigenvalue weighted by Gasteiger charge is 2.46. The van der Waals surface area contributed by atoms with E-state index in [9.17, 15) is 9.18 Å². The molecule has 0 saturated carbocycles. The summed E-state index contributed by atoms with van der Waals surface area (Å²) >= 11 is 0. The van der Waals surface area contributed by atoms with E-state index >= 15 is 0 Å². The van der Waals surface area contributed by atoms with Gasteiger partial charge in [-0.05, 0) is 48.4 Å². The number of carbonyl (C=O) groups is 1. The van der Waals surface area contributed by atoms with E-state index in [1.165, 1.54) is 13.2 Å². The number of methoxy groups -OCH3 is 1. The lowest BCUT2D eigenvalue weighted by atomic mass is 9.66. The summed E-state index contributed by atoms with van der Waals surface area (Å²) in [6, 6.07) is 4.96. The van der Waals surface area contributed by atoms with Gasteiger partial charge in [-0.2, -0.15) is 0 Å². The number of ether oxygens (including phenoxy) is 2. The second-order valence-corrected chi connectivity index (χ2v) is 6.39. The molecule has 0 saturated heterocycles. The zero-order valence-corrected chi connectivity index (χ0v) is 13.8. The summed E-state index contributed by atoms with van der Waals surface area (Å²) in [7, 11) is 1.48. The highest BCUT2D eigenvalue weighted by molar-refractivity contribution is 5.71. The Bertz CT molecular complexity index is 541. The molecule has 1 aromatic carbocycles. The van der Waals surface area contributed by atoms with Crippen molar-refractivity contribution in [3.63, 3.8) is 0 Å². The Morgan fingerprint density at radius 3 is 2.77 bits per heavy atom. The van der Waals surface area contributed by atoms with Gasteiger partial charge in [0.25, 0.3) is 0 Å². The molecule has 122 valence electrons. The van der Waals surface area contributed by atoms with Crippen LogP contribution in [-0.4, -0.2) is 25.3 Å². The average Bonchev–Trinajstić information content (AvgIpc) is 2.47. The van der Waals surface area contributed by atoms with Gasteiger partial charge in [-0.15, -0.1) is 0 Å². The molecule has 0 fully saturated rings. The van der Waals surface area contributed by atoms with Gasteiger partial charge in [0, 0.05) is 13.0 Å². The number of carbonyl (C=O) groups excluding carboxylic acids is 1. The van der Waals surface area contributed by atoms with Crippen LogP contribution in [-0.2, 0) is 20.7 Å². The van der Waals surface area contributed by atoms with Crippen LogP contribution in [0.15, 0.2) is 18.2 Å². The van der Waals surface area contributed by atoms with Crippen LogP contribution in [0.1, 0.15) is 50.7 Å². The van der Waals surface area contributed by atoms with Gasteiger partial charge >= 0.3 is 5.97 Å². The van der Waals surface area contributed by atoms with Crippen LogP contribution in [0.3, 0.4) is 0 Å². The van der Waals surface area contributed by atoms with E-state index in [0.717, 1.165) is 30.4 Å². The molecular formula is C18H25FO3. The van der Waals surface area contributed by atoms with Crippen molar-refractivity contribution in [1.29, 1.82) is 0 Å². The summed E-state index contributed by atoms with van der Waals surface area (Å²) in [6.07, 6.45) is 2.19. The Labute approximate surface area is 131 Å². The van der Waals surface area contributed by atoms with Crippen LogP contribution in [0, 0.1) is 11.7 Å². The van der Waals surface area contributed by atoms with Gasteiger partial charge < -0.3 is 9.47 Å². The van der Waals surface area contributed by atoms with Gasteiger partial charge in [0.05, 0.1) is 0 Å². The Hall–Kier alpha value is -1.42. The average molecular weight is 308 g/mol. The lowest BCUT2D eigenvalue weighted by molar-refractivity contribution is -0.171. The first-order valence-electron chi connectivity index (χ1n) is 7.92. The van der Waals surface area contributed by atoms with Gasteiger partial charge in [-0.25, -0.2) is 9.18 Å². The molecule has 2 rings (SSSR count). The van der Waals surface area contributed by atoms with Crippen molar-refractivity contribution in [2.24, 2.45) is 5.92 Å². The zero-order chi connectivity index (χ0) is 16.3. The number of hydrogen-bond acceptors (Lipinski definition) is 3. The predicted molar refractivity (Wildman–Crippen MR) is 83.3 cm³/mol. The van der Waals surface area contributed by atoms with E-state index in [4.69, 9.17) is 9.47 Å². The molecule has 0 aromatic heterocycles. The monoisotopic (exact) mass is 308 g/mol. The minimum atomic E-state index is -0.533. The third kappa shape index (κ3) is 3.17. The first-order chi connectivity index (χ1) is 10.4. The molecule has 0 N–H and O–H groups in total. The number of aryl methyl sites for hydroxylation is 1. The summed E-state index contributed by atoms with van der Waals surface area (Å²) in [5.41, 5.74) is 1.61. The Balaban J connectivity index is 2.42. The van der Waals surface area contributed by atoms with Crippen LogP contribution in [0.2, 0.25) is 0 Å². The van der Waals surface area contributed by atoms with Crippen molar-refractivity contribution in [3.05, 3.63) is 35.1 Å². The maximum atomic E-state index is 13.5. The minimum absolute atomic E-state index is 0.0388. The molecule has 0 heterocycles. The van der Waals surface area contributed by atoms with E-state index in [2.05, 4.69) is 13.8 Å². The Morgan fingerprint density at radius 2 is 2.18 bits per heavy atom. The first kappa shape index (κ1) is 16.9. The van der Waals surface area contributed by atoms with E-state index in [-0.39, 0.29) is 24.3 Å². The molecule has 3 nitrogen and oxygen atoms in total. The van der Waals surface area contributed by atoms with Crippen molar-refractivity contribution >= 4 is 5.97 Å². The van der Waals surface area contributed by atoms with Gasteiger partial charge in [0.1, 0.15) is 18.0 Å². The molecule has 0 radical (unpaired) electrons. The van der Waals surface area contributed by atoms with E-state index in [1.807, 2.05) is 13.0 Å². The third-order valence-corrected chi connectivity index (χ3v) is 4.67. The molecule has 0 amide bonds. The molecule has 0 bridgehead atoms. The molecule has 1 aromatic rings. The van der Waals surface area contributed by atoms with E-state index < -0.39 is 5.60 Å². The third-order valence-electron chi connectivity index (χ3n) is 4.67. The van der Waals surface area contributed by atoms with Crippen LogP contribution >= 0.6 is 0 Å².